The number of carbonyl (C=O) groups excluding carboxylic acids is 2. The number of hydrogen-bond donors (Lipinski definition) is 0. The van der Waals surface area contributed by atoms with Gasteiger partial charge in [0.2, 0.25) is 5.91 Å². The molecule has 1 amide bonds. The molecule has 0 aliphatic heterocycles. The second-order valence-corrected chi connectivity index (χ2v) is 4.35. The number of aromatic nitrogens is 1. The van der Waals surface area contributed by atoms with Crippen molar-refractivity contribution >= 4 is 11.9 Å². The van der Waals surface area contributed by atoms with E-state index in [4.69, 9.17) is 4.74 Å². The number of nitrogens with zero attached hydrogens (tertiary/aromatic N) is 2. The molecule has 6 heteroatoms. The van der Waals surface area contributed by atoms with E-state index in [1.165, 1.54) is 15.5 Å². The van der Waals surface area contributed by atoms with E-state index in [0.717, 1.165) is 0 Å². The van der Waals surface area contributed by atoms with Crippen LogP contribution >= 0.6 is 0 Å². The topological polar surface area (TPSA) is 68.6 Å². The molecule has 1 rings (SSSR count). The summed E-state index contributed by atoms with van der Waals surface area (Å²) in [6.07, 6.45) is 2.05. The number of amides is 1. The Labute approximate surface area is 118 Å². The molecule has 6 nitrogen and oxygen atoms in total. The second kappa shape index (κ2) is 8.14. The molecule has 0 bridgehead atoms. The Bertz CT molecular complexity index is 510. The Balaban J connectivity index is 2.37. The molecule has 0 fully saturated rings. The Morgan fingerprint density at radius 2 is 2.05 bits per heavy atom. The van der Waals surface area contributed by atoms with E-state index < -0.39 is 0 Å². The van der Waals surface area contributed by atoms with Crippen LogP contribution in [0.1, 0.15) is 19.8 Å². The fourth-order valence-corrected chi connectivity index (χ4v) is 1.67. The first-order chi connectivity index (χ1) is 9.54. The van der Waals surface area contributed by atoms with Gasteiger partial charge in [0.05, 0.1) is 13.0 Å². The van der Waals surface area contributed by atoms with E-state index in [-0.39, 0.29) is 30.3 Å². The standard InChI is InChI=1S/C14H20N2O4/c1-3-20-14(19)8-10-15(2)12(17)7-11-16-9-5-4-6-13(16)18/h4-6,9H,3,7-8,10-11H2,1-2H3. The summed E-state index contributed by atoms with van der Waals surface area (Å²) in [5, 5.41) is 0. The molecular formula is C14H20N2O4. The van der Waals surface area contributed by atoms with E-state index in [1.807, 2.05) is 0 Å². The second-order valence-electron chi connectivity index (χ2n) is 4.35. The Hall–Kier alpha value is -2.11. The van der Waals surface area contributed by atoms with Gasteiger partial charge in [-0.2, -0.15) is 0 Å². The molecule has 0 saturated heterocycles. The van der Waals surface area contributed by atoms with Crippen LogP contribution in [0.15, 0.2) is 29.2 Å². The van der Waals surface area contributed by atoms with Crippen molar-refractivity contribution in [2.45, 2.75) is 26.3 Å². The molecule has 0 radical (unpaired) electrons. The monoisotopic (exact) mass is 280 g/mol. The highest BCUT2D eigenvalue weighted by atomic mass is 16.5. The summed E-state index contributed by atoms with van der Waals surface area (Å²) in [4.78, 5) is 36.0. The van der Waals surface area contributed by atoms with E-state index in [9.17, 15) is 14.4 Å². The molecule has 0 aliphatic rings. The van der Waals surface area contributed by atoms with Gasteiger partial charge in [0.15, 0.2) is 0 Å². The fourth-order valence-electron chi connectivity index (χ4n) is 1.67. The molecule has 1 aromatic heterocycles. The highest BCUT2D eigenvalue weighted by Crippen LogP contribution is 1.97. The third-order valence-electron chi connectivity index (χ3n) is 2.85. The van der Waals surface area contributed by atoms with Crippen LogP contribution in [0, 0.1) is 0 Å². The number of aryl methyl sites for hydroxylation is 1. The summed E-state index contributed by atoms with van der Waals surface area (Å²) < 4.78 is 6.28. The smallest absolute Gasteiger partial charge is 0.307 e. The zero-order valence-corrected chi connectivity index (χ0v) is 11.9. The SMILES string of the molecule is CCOC(=O)CCN(C)C(=O)CCn1ccccc1=O. The Morgan fingerprint density at radius 3 is 2.70 bits per heavy atom. The maximum absolute atomic E-state index is 11.9. The van der Waals surface area contributed by atoms with Crippen LogP contribution in [0.25, 0.3) is 0 Å². The van der Waals surface area contributed by atoms with Crippen molar-refractivity contribution in [3.05, 3.63) is 34.7 Å². The highest BCUT2D eigenvalue weighted by molar-refractivity contribution is 5.76. The van der Waals surface area contributed by atoms with Crippen LogP contribution in [0.2, 0.25) is 0 Å². The summed E-state index contributed by atoms with van der Waals surface area (Å²) in [7, 11) is 1.63. The van der Waals surface area contributed by atoms with Crippen LogP contribution < -0.4 is 5.56 Å². The molecule has 0 aliphatic carbocycles. The largest absolute Gasteiger partial charge is 0.466 e. The molecule has 0 N–H and O–H groups in total. The lowest BCUT2D eigenvalue weighted by Crippen LogP contribution is -2.31. The molecule has 1 aromatic rings. The number of hydrogen-bond acceptors (Lipinski definition) is 4. The molecule has 1 heterocycles. The van der Waals surface area contributed by atoms with Crippen molar-refractivity contribution in [3.8, 4) is 0 Å². The minimum Gasteiger partial charge on any atom is -0.466 e. The first-order valence-electron chi connectivity index (χ1n) is 6.59. The van der Waals surface area contributed by atoms with Gasteiger partial charge in [0.25, 0.3) is 5.56 Å². The summed E-state index contributed by atoms with van der Waals surface area (Å²) in [6, 6.07) is 4.86. The lowest BCUT2D eigenvalue weighted by molar-refractivity contribution is -0.143. The van der Waals surface area contributed by atoms with Crippen LogP contribution in [-0.4, -0.2) is 41.5 Å². The number of carbonyl (C=O) groups is 2. The third kappa shape index (κ3) is 5.26. The molecule has 0 spiro atoms. The molecular weight excluding hydrogens is 260 g/mol. The maximum atomic E-state index is 11.9. The van der Waals surface area contributed by atoms with Gasteiger partial charge in [-0.25, -0.2) is 0 Å². The van der Waals surface area contributed by atoms with Crippen molar-refractivity contribution in [1.29, 1.82) is 0 Å². The lowest BCUT2D eigenvalue weighted by atomic mass is 10.3. The fraction of sp³-hybridized carbons (Fsp3) is 0.500. The molecule has 0 unspecified atom stereocenters. The van der Waals surface area contributed by atoms with Gasteiger partial charge in [0.1, 0.15) is 0 Å². The predicted octanol–water partition coefficient (Wildman–Crippen LogP) is 0.650. The summed E-state index contributed by atoms with van der Waals surface area (Å²) in [5.41, 5.74) is -0.130. The van der Waals surface area contributed by atoms with Gasteiger partial charge >= 0.3 is 5.97 Å². The van der Waals surface area contributed by atoms with Gasteiger partial charge in [-0.05, 0) is 13.0 Å². The average molecular weight is 280 g/mol. The molecule has 0 atom stereocenters. The predicted molar refractivity (Wildman–Crippen MR) is 74.2 cm³/mol. The average Bonchev–Trinajstić information content (AvgIpc) is 2.44. The first-order valence-corrected chi connectivity index (χ1v) is 6.59. The van der Waals surface area contributed by atoms with Crippen LogP contribution in [0.4, 0.5) is 0 Å². The molecule has 110 valence electrons. The molecule has 0 saturated carbocycles. The Morgan fingerprint density at radius 1 is 1.30 bits per heavy atom. The molecule has 20 heavy (non-hydrogen) atoms. The van der Waals surface area contributed by atoms with Crippen molar-refractivity contribution in [1.82, 2.24) is 9.47 Å². The van der Waals surface area contributed by atoms with Gasteiger partial charge in [-0.1, -0.05) is 6.07 Å². The quantitative estimate of drug-likeness (QED) is 0.688. The number of ether oxygens (including phenoxy) is 1. The van der Waals surface area contributed by atoms with Crippen molar-refractivity contribution in [2.24, 2.45) is 0 Å². The lowest BCUT2D eigenvalue weighted by Gasteiger charge is -2.16. The maximum Gasteiger partial charge on any atom is 0.307 e. The van der Waals surface area contributed by atoms with E-state index in [1.54, 1.807) is 32.3 Å². The number of esters is 1. The van der Waals surface area contributed by atoms with E-state index in [0.29, 0.717) is 19.7 Å². The van der Waals surface area contributed by atoms with Crippen LogP contribution in [0.3, 0.4) is 0 Å². The Kier molecular flexibility index (Phi) is 6.49. The van der Waals surface area contributed by atoms with Crippen LogP contribution in [0.5, 0.6) is 0 Å². The van der Waals surface area contributed by atoms with Crippen molar-refractivity contribution < 1.29 is 14.3 Å². The summed E-state index contributed by atoms with van der Waals surface area (Å²) in [6.45, 7) is 2.74. The minimum atomic E-state index is -0.313. The van der Waals surface area contributed by atoms with Crippen molar-refractivity contribution in [3.63, 3.8) is 0 Å². The minimum absolute atomic E-state index is 0.106. The first kappa shape index (κ1) is 15.9. The zero-order valence-electron chi connectivity index (χ0n) is 11.9. The van der Waals surface area contributed by atoms with Gasteiger partial charge in [-0.3, -0.25) is 14.4 Å². The highest BCUT2D eigenvalue weighted by Gasteiger charge is 2.11. The van der Waals surface area contributed by atoms with E-state index >= 15 is 0 Å². The normalized spacial score (nSPS) is 10.1. The zero-order chi connectivity index (χ0) is 15.0. The van der Waals surface area contributed by atoms with Gasteiger partial charge < -0.3 is 14.2 Å². The third-order valence-corrected chi connectivity index (χ3v) is 2.85. The van der Waals surface area contributed by atoms with Crippen molar-refractivity contribution in [2.75, 3.05) is 20.2 Å². The summed E-state index contributed by atoms with van der Waals surface area (Å²) in [5.74, 6) is -0.420. The molecule has 0 aromatic carbocycles. The number of pyridine rings is 1. The van der Waals surface area contributed by atoms with Gasteiger partial charge in [-0.15, -0.1) is 0 Å². The van der Waals surface area contributed by atoms with Gasteiger partial charge in [0, 0.05) is 38.8 Å². The number of rotatable bonds is 7. The summed E-state index contributed by atoms with van der Waals surface area (Å²) >= 11 is 0. The van der Waals surface area contributed by atoms with E-state index in [2.05, 4.69) is 0 Å². The van der Waals surface area contributed by atoms with Crippen LogP contribution in [-0.2, 0) is 20.9 Å².